The monoisotopic (exact) mass is 224 g/mol. The maximum Gasteiger partial charge on any atom is 1.00 e. The fraction of sp³-hybridized carbons (Fsp3) is 0. The number of hydrogen-bond acceptors (Lipinski definition) is 2. The van der Waals surface area contributed by atoms with Gasteiger partial charge in [-0.05, 0) is 0 Å². The molecule has 4 nitrogen and oxygen atoms in total. The molecule has 0 rings (SSSR count). The second-order valence-electron chi connectivity index (χ2n) is 0.491. The van der Waals surface area contributed by atoms with E-state index >= 15 is 0 Å². The van der Waals surface area contributed by atoms with Gasteiger partial charge in [-0.2, -0.15) is 0 Å². The van der Waals surface area contributed by atoms with Crippen molar-refractivity contribution in [3.05, 3.63) is 0 Å². The van der Waals surface area contributed by atoms with Gasteiger partial charge in [0.1, 0.15) is 0 Å². The van der Waals surface area contributed by atoms with Crippen molar-refractivity contribution < 1.29 is 66.3 Å². The van der Waals surface area contributed by atoms with Gasteiger partial charge in [-0.15, -0.1) is 0 Å². The minimum atomic E-state index is -4.89. The molecule has 0 radical (unpaired) electrons. The molecule has 0 bridgehead atoms. The van der Waals surface area contributed by atoms with Gasteiger partial charge in [0.15, 0.2) is 0 Å². The molecule has 0 amide bonds. The standard InChI is InChI=1S/6FH.Li.H3O4P/c;;;;;;;1-5(2,3)4/h6*1H;;(H3,1,2,3,4)/q;;;;;;+1;/p-1. The molecule has 0 atom stereocenters. The fourth-order valence-electron chi connectivity index (χ4n) is 0. The van der Waals surface area contributed by atoms with E-state index in [1.807, 2.05) is 0 Å². The Balaban J connectivity index is -0.00000000381. The van der Waals surface area contributed by atoms with Crippen LogP contribution in [0.25, 0.3) is 0 Å². The minimum absolute atomic E-state index is 0. The summed E-state index contributed by atoms with van der Waals surface area (Å²) in [4.78, 5) is 22.9. The van der Waals surface area contributed by atoms with Crippen LogP contribution in [0.2, 0.25) is 0 Å². The minimum Gasteiger partial charge on any atom is -0.756 e. The van der Waals surface area contributed by atoms with Gasteiger partial charge < -0.3 is 14.7 Å². The van der Waals surface area contributed by atoms with E-state index in [1.165, 1.54) is 0 Å². The summed E-state index contributed by atoms with van der Waals surface area (Å²) in [6.45, 7) is 0. The summed E-state index contributed by atoms with van der Waals surface area (Å²) in [5.41, 5.74) is 0. The molecule has 0 spiro atoms. The summed E-state index contributed by atoms with van der Waals surface area (Å²) in [5.74, 6) is 0. The van der Waals surface area contributed by atoms with E-state index in [1.54, 1.807) is 0 Å². The van der Waals surface area contributed by atoms with Crippen molar-refractivity contribution in [1.29, 1.82) is 0 Å². The van der Waals surface area contributed by atoms with Gasteiger partial charge in [0.05, 0.1) is 0 Å². The molecule has 0 saturated heterocycles. The van der Waals surface area contributed by atoms with Crippen molar-refractivity contribution in [2.75, 3.05) is 0 Å². The smallest absolute Gasteiger partial charge is 0.756 e. The first kappa shape index (κ1) is 85.2. The van der Waals surface area contributed by atoms with Crippen LogP contribution in [0.15, 0.2) is 0 Å². The molecular weight excluding hydrogens is 216 g/mol. The van der Waals surface area contributed by atoms with E-state index in [2.05, 4.69) is 0 Å². The predicted molar refractivity (Wildman–Crippen MR) is 27.1 cm³/mol. The van der Waals surface area contributed by atoms with E-state index < -0.39 is 7.82 Å². The predicted octanol–water partition coefficient (Wildman–Crippen LogP) is -3.64. The topological polar surface area (TPSA) is 80.6 Å². The summed E-state index contributed by atoms with van der Waals surface area (Å²) in [6, 6.07) is 0. The molecule has 2 N–H and O–H groups in total. The third-order valence-electron chi connectivity index (χ3n) is 0. The molecule has 0 unspecified atom stereocenters. The maximum absolute atomic E-state index is 8.77. The van der Waals surface area contributed by atoms with Gasteiger partial charge in [-0.25, -0.2) is 0 Å². The van der Waals surface area contributed by atoms with Crippen LogP contribution in [0.4, 0.5) is 28.2 Å². The van der Waals surface area contributed by atoms with Crippen LogP contribution < -0.4 is 23.8 Å². The fourth-order valence-corrected chi connectivity index (χ4v) is 0. The van der Waals surface area contributed by atoms with Crippen molar-refractivity contribution in [1.82, 2.24) is 0 Å². The van der Waals surface area contributed by atoms with Gasteiger partial charge in [-0.3, -0.25) is 32.8 Å². The molecule has 0 heterocycles. The van der Waals surface area contributed by atoms with Crippen LogP contribution in [0.3, 0.4) is 0 Å². The van der Waals surface area contributed by atoms with Crippen molar-refractivity contribution >= 4 is 7.82 Å². The Hall–Kier alpha value is 0.287. The molecule has 0 fully saturated rings. The van der Waals surface area contributed by atoms with Crippen LogP contribution >= 0.6 is 7.82 Å². The third kappa shape index (κ3) is 10700. The van der Waals surface area contributed by atoms with Crippen molar-refractivity contribution in [2.45, 2.75) is 0 Å². The van der Waals surface area contributed by atoms with Crippen molar-refractivity contribution in [3.8, 4) is 0 Å². The molecule has 80 valence electrons. The number of phosphoric acid groups is 1. The Morgan fingerprint density at radius 2 is 0.833 bits per heavy atom. The van der Waals surface area contributed by atoms with E-state index in [0.29, 0.717) is 0 Å². The van der Waals surface area contributed by atoms with Gasteiger partial charge in [0.25, 0.3) is 7.82 Å². The number of rotatable bonds is 0. The molecular formula is H8F6LiO4P. The van der Waals surface area contributed by atoms with Gasteiger partial charge in [0.2, 0.25) is 0 Å². The van der Waals surface area contributed by atoms with Crippen molar-refractivity contribution in [3.63, 3.8) is 0 Å². The first-order valence-electron chi connectivity index (χ1n) is 0.765. The molecule has 0 aromatic rings. The Kier molecular flexibility index (Phi) is 214. The molecule has 0 aliphatic rings. The average molecular weight is 224 g/mol. The maximum atomic E-state index is 8.77. The molecule has 0 saturated carbocycles. The Morgan fingerprint density at radius 1 is 0.833 bits per heavy atom. The molecule has 0 aliphatic carbocycles. The molecule has 0 aliphatic heterocycles. The zero-order valence-corrected chi connectivity index (χ0v) is 6.50. The second kappa shape index (κ2) is 30.2. The van der Waals surface area contributed by atoms with E-state index in [9.17, 15) is 0 Å². The SMILES string of the molecule is F.F.F.F.F.F.O=P([O-])(O)O.[Li+]. The van der Waals surface area contributed by atoms with Gasteiger partial charge in [-0.1, -0.05) is 0 Å². The quantitative estimate of drug-likeness (QED) is 0.252. The summed E-state index contributed by atoms with van der Waals surface area (Å²) in [6.07, 6.45) is 0. The molecule has 0 aromatic heterocycles. The van der Waals surface area contributed by atoms with Crippen LogP contribution in [0.1, 0.15) is 0 Å². The van der Waals surface area contributed by atoms with Gasteiger partial charge >= 0.3 is 18.9 Å². The molecule has 12 heteroatoms. The van der Waals surface area contributed by atoms with E-state index in [-0.39, 0.29) is 47.1 Å². The largest absolute Gasteiger partial charge is 1.00 e. The van der Waals surface area contributed by atoms with E-state index in [0.717, 1.165) is 0 Å². The van der Waals surface area contributed by atoms with Crippen molar-refractivity contribution in [2.24, 2.45) is 0 Å². The van der Waals surface area contributed by atoms with Crippen LogP contribution in [0.5, 0.6) is 0 Å². The Bertz CT molecular complexity index is 65.7. The molecule has 12 heavy (non-hydrogen) atoms. The summed E-state index contributed by atoms with van der Waals surface area (Å²) in [7, 11) is -4.89. The average Bonchev–Trinajstić information content (AvgIpc) is 0.722. The van der Waals surface area contributed by atoms with Crippen LogP contribution in [-0.2, 0) is 4.57 Å². The Morgan fingerprint density at radius 3 is 0.833 bits per heavy atom. The first-order chi connectivity index (χ1) is 2.00. The van der Waals surface area contributed by atoms with Crippen LogP contribution in [-0.4, -0.2) is 9.79 Å². The molecule has 0 aromatic carbocycles. The van der Waals surface area contributed by atoms with E-state index in [4.69, 9.17) is 19.2 Å². The summed E-state index contributed by atoms with van der Waals surface area (Å²) >= 11 is 0. The number of halogens is 6. The van der Waals surface area contributed by atoms with Crippen LogP contribution in [0, 0.1) is 0 Å². The normalized spacial score (nSPS) is 4.92. The zero-order chi connectivity index (χ0) is 4.50. The first-order valence-corrected chi connectivity index (χ1v) is 2.30. The number of hydrogen-bond donors (Lipinski definition) is 2. The second-order valence-corrected chi connectivity index (χ2v) is 1.47. The third-order valence-corrected chi connectivity index (χ3v) is 0. The van der Waals surface area contributed by atoms with Gasteiger partial charge in [0, 0.05) is 0 Å². The summed E-state index contributed by atoms with van der Waals surface area (Å²) in [5, 5.41) is 0. The zero-order valence-electron chi connectivity index (χ0n) is 5.61. The Labute approximate surface area is 75.0 Å². The summed E-state index contributed by atoms with van der Waals surface area (Å²) < 4.78 is 8.77.